The summed E-state index contributed by atoms with van der Waals surface area (Å²) in [6.07, 6.45) is -4.71. The minimum Gasteiger partial charge on any atom is -0.394 e. The average Bonchev–Trinajstić information content (AvgIpc) is 2.57. The van der Waals surface area contributed by atoms with Gasteiger partial charge in [-0.3, -0.25) is 14.3 Å². The highest BCUT2D eigenvalue weighted by Gasteiger charge is 2.45. The maximum Gasteiger partial charge on any atom is 0.330 e. The quantitative estimate of drug-likeness (QED) is 0.567. The molecule has 2 heterocycles. The molecule has 7 nitrogen and oxygen atoms in total. The Kier molecular flexibility index (Phi) is 3.09. The van der Waals surface area contributed by atoms with Crippen LogP contribution in [0.15, 0.2) is 21.9 Å². The lowest BCUT2D eigenvalue weighted by Crippen LogP contribution is -2.36. The minimum atomic E-state index is -1.79. The predicted octanol–water partition coefficient (Wildman–Crippen LogP) is -1.87. The molecule has 0 radical (unpaired) electrons. The number of nitrogens with zero attached hydrogens (tertiary/aromatic N) is 1. The summed E-state index contributed by atoms with van der Waals surface area (Å²) in [5.74, 6) is 0. The van der Waals surface area contributed by atoms with Crippen molar-refractivity contribution >= 4 is 0 Å². The predicted molar refractivity (Wildman–Crippen MR) is 53.2 cm³/mol. The third-order valence-electron chi connectivity index (χ3n) is 2.59. The lowest BCUT2D eigenvalue weighted by Gasteiger charge is -2.16. The number of nitrogens with one attached hydrogen (secondary N) is 1. The summed E-state index contributed by atoms with van der Waals surface area (Å²) in [5.41, 5.74) is -1.42. The molecule has 0 aliphatic carbocycles. The summed E-state index contributed by atoms with van der Waals surface area (Å²) in [4.78, 5) is 24.2. The molecular weight excluding hydrogens is 235 g/mol. The molecule has 1 aromatic rings. The molecule has 1 fully saturated rings. The van der Waals surface area contributed by atoms with Crippen molar-refractivity contribution in [2.45, 2.75) is 24.6 Å². The van der Waals surface area contributed by atoms with Gasteiger partial charge in [0.05, 0.1) is 6.61 Å². The molecule has 1 aliphatic heterocycles. The molecule has 1 aliphatic rings. The second-order valence-electron chi connectivity index (χ2n) is 3.70. The zero-order chi connectivity index (χ0) is 12.6. The van der Waals surface area contributed by atoms with E-state index in [0.29, 0.717) is 0 Å². The maximum atomic E-state index is 13.4. The van der Waals surface area contributed by atoms with E-state index in [-0.39, 0.29) is 0 Å². The first-order valence-corrected chi connectivity index (χ1v) is 4.94. The standard InChI is InChI=1S/C9H11FN2O5/c10-6-4(3-13)17-8(7(6)15)12-2-1-5(14)11-9(12)16/h1-2,4,6-8,13,15H,3H2,(H,11,14,16). The van der Waals surface area contributed by atoms with E-state index in [1.54, 1.807) is 0 Å². The Labute approximate surface area is 94.1 Å². The van der Waals surface area contributed by atoms with Crippen molar-refractivity contribution in [3.05, 3.63) is 33.1 Å². The number of hydrogen-bond donors (Lipinski definition) is 3. The van der Waals surface area contributed by atoms with E-state index in [0.717, 1.165) is 16.8 Å². The lowest BCUT2D eigenvalue weighted by atomic mass is 10.1. The normalized spacial score (nSPS) is 32.9. The van der Waals surface area contributed by atoms with Crippen LogP contribution in [0.5, 0.6) is 0 Å². The molecule has 4 atom stereocenters. The number of aliphatic hydroxyl groups excluding tert-OH is 2. The molecule has 0 amide bonds. The number of ether oxygens (including phenoxy) is 1. The van der Waals surface area contributed by atoms with E-state index in [2.05, 4.69) is 0 Å². The fourth-order valence-electron chi connectivity index (χ4n) is 1.71. The van der Waals surface area contributed by atoms with Crippen LogP contribution in [0.1, 0.15) is 6.23 Å². The van der Waals surface area contributed by atoms with Crippen LogP contribution < -0.4 is 11.2 Å². The summed E-state index contributed by atoms with van der Waals surface area (Å²) in [5, 5.41) is 18.4. The van der Waals surface area contributed by atoms with Gasteiger partial charge in [0.2, 0.25) is 0 Å². The Morgan fingerprint density at radius 1 is 1.53 bits per heavy atom. The van der Waals surface area contributed by atoms with Crippen LogP contribution in [-0.4, -0.2) is 44.8 Å². The molecule has 8 heteroatoms. The van der Waals surface area contributed by atoms with Crippen LogP contribution >= 0.6 is 0 Å². The second-order valence-corrected chi connectivity index (χ2v) is 3.70. The molecule has 1 saturated heterocycles. The van der Waals surface area contributed by atoms with E-state index in [1.807, 2.05) is 4.98 Å². The molecular formula is C9H11FN2O5. The number of aromatic nitrogens is 2. The molecule has 17 heavy (non-hydrogen) atoms. The van der Waals surface area contributed by atoms with Gasteiger partial charge >= 0.3 is 5.69 Å². The Hall–Kier alpha value is -1.51. The number of alkyl halides is 1. The zero-order valence-corrected chi connectivity index (χ0v) is 8.62. The minimum absolute atomic E-state index is 0.603. The Morgan fingerprint density at radius 3 is 2.76 bits per heavy atom. The second kappa shape index (κ2) is 4.40. The molecule has 3 N–H and O–H groups in total. The molecule has 0 spiro atoms. The number of hydrogen-bond acceptors (Lipinski definition) is 5. The number of H-pyrrole nitrogens is 1. The van der Waals surface area contributed by atoms with Gasteiger partial charge in [0.25, 0.3) is 5.56 Å². The lowest BCUT2D eigenvalue weighted by molar-refractivity contribution is -0.0537. The zero-order valence-electron chi connectivity index (χ0n) is 8.62. The van der Waals surface area contributed by atoms with E-state index < -0.39 is 42.5 Å². The van der Waals surface area contributed by atoms with E-state index in [9.17, 15) is 19.1 Å². The van der Waals surface area contributed by atoms with Crippen molar-refractivity contribution in [1.29, 1.82) is 0 Å². The highest BCUT2D eigenvalue weighted by atomic mass is 19.1. The SMILES string of the molecule is O=c1ccn(C2OC(CO)C(F)C2O)c(=O)[nH]1. The van der Waals surface area contributed by atoms with Crippen LogP contribution in [0, 0.1) is 0 Å². The van der Waals surface area contributed by atoms with Gasteiger partial charge in [-0.15, -0.1) is 0 Å². The van der Waals surface area contributed by atoms with Gasteiger partial charge in [0.15, 0.2) is 12.4 Å². The number of aliphatic hydroxyl groups is 2. The first-order chi connectivity index (χ1) is 8.04. The largest absolute Gasteiger partial charge is 0.394 e. The first-order valence-electron chi connectivity index (χ1n) is 4.94. The fourth-order valence-corrected chi connectivity index (χ4v) is 1.71. The Balaban J connectivity index is 2.35. The van der Waals surface area contributed by atoms with Crippen LogP contribution in [0.3, 0.4) is 0 Å². The van der Waals surface area contributed by atoms with E-state index in [1.165, 1.54) is 0 Å². The van der Waals surface area contributed by atoms with E-state index >= 15 is 0 Å². The highest BCUT2D eigenvalue weighted by Crippen LogP contribution is 2.29. The maximum absolute atomic E-state index is 13.4. The van der Waals surface area contributed by atoms with E-state index in [4.69, 9.17) is 9.84 Å². The Morgan fingerprint density at radius 2 is 2.24 bits per heavy atom. The third kappa shape index (κ3) is 2.02. The van der Waals surface area contributed by atoms with Gasteiger partial charge in [0.1, 0.15) is 12.2 Å². The van der Waals surface area contributed by atoms with Gasteiger partial charge in [-0.2, -0.15) is 0 Å². The molecule has 94 valence electrons. The van der Waals surface area contributed by atoms with Crippen LogP contribution in [-0.2, 0) is 4.74 Å². The number of halogens is 1. The van der Waals surface area contributed by atoms with Gasteiger partial charge in [0, 0.05) is 12.3 Å². The molecule has 2 rings (SSSR count). The summed E-state index contributed by atoms with van der Waals surface area (Å²) in [6, 6.07) is 1.05. The first kappa shape index (κ1) is 12.0. The molecule has 0 bridgehead atoms. The Bertz CT molecular complexity index is 513. The van der Waals surface area contributed by atoms with Crippen molar-refractivity contribution in [2.75, 3.05) is 6.61 Å². The van der Waals surface area contributed by atoms with Gasteiger partial charge < -0.3 is 14.9 Å². The van der Waals surface area contributed by atoms with Crippen molar-refractivity contribution in [3.8, 4) is 0 Å². The monoisotopic (exact) mass is 246 g/mol. The van der Waals surface area contributed by atoms with Crippen LogP contribution in [0.25, 0.3) is 0 Å². The van der Waals surface area contributed by atoms with Crippen molar-refractivity contribution < 1.29 is 19.3 Å². The van der Waals surface area contributed by atoms with Crippen LogP contribution in [0.2, 0.25) is 0 Å². The topological polar surface area (TPSA) is 105 Å². The average molecular weight is 246 g/mol. The third-order valence-corrected chi connectivity index (χ3v) is 2.59. The van der Waals surface area contributed by atoms with Gasteiger partial charge in [-0.1, -0.05) is 0 Å². The number of rotatable bonds is 2. The summed E-state index contributed by atoms with van der Waals surface area (Å²) < 4.78 is 19.3. The summed E-state index contributed by atoms with van der Waals surface area (Å²) in [7, 11) is 0. The smallest absolute Gasteiger partial charge is 0.330 e. The van der Waals surface area contributed by atoms with Crippen molar-refractivity contribution in [3.63, 3.8) is 0 Å². The van der Waals surface area contributed by atoms with Crippen molar-refractivity contribution in [1.82, 2.24) is 9.55 Å². The summed E-state index contributed by atoms with van der Waals surface area (Å²) in [6.45, 7) is -0.604. The fraction of sp³-hybridized carbons (Fsp3) is 0.556. The molecule has 4 unspecified atom stereocenters. The van der Waals surface area contributed by atoms with Crippen molar-refractivity contribution in [2.24, 2.45) is 0 Å². The molecule has 0 aromatic carbocycles. The number of aromatic amines is 1. The van der Waals surface area contributed by atoms with Crippen LogP contribution in [0.4, 0.5) is 4.39 Å². The molecule has 0 saturated carbocycles. The molecule has 1 aromatic heterocycles. The highest BCUT2D eigenvalue weighted by molar-refractivity contribution is 4.93. The van der Waals surface area contributed by atoms with Gasteiger partial charge in [-0.05, 0) is 0 Å². The summed E-state index contributed by atoms with van der Waals surface area (Å²) >= 11 is 0. The van der Waals surface area contributed by atoms with Gasteiger partial charge in [-0.25, -0.2) is 9.18 Å².